The van der Waals surface area contributed by atoms with E-state index in [1.165, 1.54) is 35.2 Å². The molecule has 1 atom stereocenters. The first-order chi connectivity index (χ1) is 17.6. The maximum absolute atomic E-state index is 13.7. The van der Waals surface area contributed by atoms with Crippen LogP contribution < -0.4 is 9.62 Å². The summed E-state index contributed by atoms with van der Waals surface area (Å²) in [7, 11) is -4.17. The first-order valence-electron chi connectivity index (χ1n) is 11.8. The average molecular weight is 563 g/mol. The molecular formula is C27H29Cl2N3O4S. The summed E-state index contributed by atoms with van der Waals surface area (Å²) in [4.78, 5) is 27.8. The Balaban J connectivity index is 1.97. The second kappa shape index (κ2) is 12.9. The zero-order valence-corrected chi connectivity index (χ0v) is 22.9. The number of hydrogen-bond acceptors (Lipinski definition) is 4. The maximum atomic E-state index is 13.7. The summed E-state index contributed by atoms with van der Waals surface area (Å²) in [5, 5.41) is 3.44. The van der Waals surface area contributed by atoms with Crippen LogP contribution in [0.5, 0.6) is 0 Å². The number of benzene rings is 3. The van der Waals surface area contributed by atoms with Crippen LogP contribution in [-0.2, 0) is 26.0 Å². The molecular weight excluding hydrogens is 533 g/mol. The van der Waals surface area contributed by atoms with Crippen molar-refractivity contribution in [2.75, 3.05) is 23.9 Å². The second-order valence-corrected chi connectivity index (χ2v) is 11.1. The monoisotopic (exact) mass is 561 g/mol. The molecule has 0 radical (unpaired) electrons. The molecule has 3 aromatic carbocycles. The Morgan fingerprint density at radius 3 is 2.22 bits per heavy atom. The molecule has 3 rings (SSSR count). The number of halogens is 2. The highest BCUT2D eigenvalue weighted by Crippen LogP contribution is 2.27. The Morgan fingerprint density at radius 1 is 0.919 bits per heavy atom. The van der Waals surface area contributed by atoms with Crippen molar-refractivity contribution in [2.45, 2.75) is 31.2 Å². The smallest absolute Gasteiger partial charge is 0.264 e. The van der Waals surface area contributed by atoms with Crippen molar-refractivity contribution in [3.63, 3.8) is 0 Å². The Kier molecular flexibility index (Phi) is 9.97. The highest BCUT2D eigenvalue weighted by molar-refractivity contribution is 7.92. The van der Waals surface area contributed by atoms with Crippen LogP contribution in [0.2, 0.25) is 10.0 Å². The van der Waals surface area contributed by atoms with Gasteiger partial charge in [-0.25, -0.2) is 8.42 Å². The van der Waals surface area contributed by atoms with E-state index in [0.29, 0.717) is 23.0 Å². The van der Waals surface area contributed by atoms with Gasteiger partial charge in [0.1, 0.15) is 12.6 Å². The number of hydrogen-bond donors (Lipinski definition) is 1. The van der Waals surface area contributed by atoms with Crippen molar-refractivity contribution in [3.8, 4) is 0 Å². The zero-order chi connectivity index (χ0) is 27.0. The van der Waals surface area contributed by atoms with Crippen LogP contribution in [0.25, 0.3) is 0 Å². The Bertz CT molecular complexity index is 1320. The maximum Gasteiger partial charge on any atom is 0.264 e. The molecule has 0 unspecified atom stereocenters. The number of carbonyl (C=O) groups is 2. The highest BCUT2D eigenvalue weighted by atomic mass is 35.5. The molecule has 3 aromatic rings. The molecule has 0 spiro atoms. The van der Waals surface area contributed by atoms with E-state index in [0.717, 1.165) is 9.87 Å². The lowest BCUT2D eigenvalue weighted by Gasteiger charge is -2.32. The summed E-state index contributed by atoms with van der Waals surface area (Å²) in [6, 6.07) is 20.7. The minimum absolute atomic E-state index is 0.0303. The fraction of sp³-hybridized carbons (Fsp3) is 0.259. The van der Waals surface area contributed by atoms with E-state index in [1.54, 1.807) is 32.0 Å². The summed E-state index contributed by atoms with van der Waals surface area (Å²) in [6.45, 7) is 3.53. The molecule has 37 heavy (non-hydrogen) atoms. The van der Waals surface area contributed by atoms with Gasteiger partial charge in [-0.2, -0.15) is 0 Å². The molecule has 196 valence electrons. The molecule has 0 aromatic heterocycles. The minimum Gasteiger partial charge on any atom is -0.355 e. The number of sulfonamides is 1. The number of carbonyl (C=O) groups excluding carboxylic acids is 2. The number of nitrogens with one attached hydrogen (secondary N) is 1. The Hall–Kier alpha value is -3.07. The van der Waals surface area contributed by atoms with Crippen LogP contribution >= 0.6 is 23.2 Å². The van der Waals surface area contributed by atoms with Crippen LogP contribution in [0, 0.1) is 0 Å². The van der Waals surface area contributed by atoms with Gasteiger partial charge in [0.25, 0.3) is 10.0 Å². The number of anilines is 1. The number of amides is 2. The molecule has 0 aliphatic carbocycles. The quantitative estimate of drug-likeness (QED) is 0.364. The van der Waals surface area contributed by atoms with Gasteiger partial charge in [-0.1, -0.05) is 59.6 Å². The number of rotatable bonds is 11. The van der Waals surface area contributed by atoms with Crippen molar-refractivity contribution in [1.82, 2.24) is 10.2 Å². The third kappa shape index (κ3) is 7.47. The first kappa shape index (κ1) is 28.5. The topological polar surface area (TPSA) is 86.8 Å². The zero-order valence-electron chi connectivity index (χ0n) is 20.6. The summed E-state index contributed by atoms with van der Waals surface area (Å²) in [6.07, 6.45) is 0.497. The summed E-state index contributed by atoms with van der Waals surface area (Å²) in [5.74, 6) is -0.842. The molecule has 10 heteroatoms. The fourth-order valence-electron chi connectivity index (χ4n) is 3.79. The predicted octanol–water partition coefficient (Wildman–Crippen LogP) is 4.78. The fourth-order valence-corrected chi connectivity index (χ4v) is 5.50. The van der Waals surface area contributed by atoms with Crippen LogP contribution in [0.1, 0.15) is 19.4 Å². The van der Waals surface area contributed by atoms with E-state index in [9.17, 15) is 18.0 Å². The van der Waals surface area contributed by atoms with Gasteiger partial charge in [0.05, 0.1) is 10.6 Å². The number of likely N-dealkylation sites (N-methyl/N-ethyl adjacent to an activating group) is 1. The van der Waals surface area contributed by atoms with Crippen LogP contribution in [0.3, 0.4) is 0 Å². The molecule has 0 fully saturated rings. The largest absolute Gasteiger partial charge is 0.355 e. The van der Waals surface area contributed by atoms with Crippen LogP contribution in [0.15, 0.2) is 83.8 Å². The average Bonchev–Trinajstić information content (AvgIpc) is 2.88. The van der Waals surface area contributed by atoms with Gasteiger partial charge >= 0.3 is 0 Å². The molecule has 0 aliphatic heterocycles. The highest BCUT2D eigenvalue weighted by Gasteiger charge is 2.32. The Labute approximate surface area is 228 Å². The summed E-state index contributed by atoms with van der Waals surface area (Å²) < 4.78 is 28.4. The van der Waals surface area contributed by atoms with Crippen molar-refractivity contribution in [2.24, 2.45) is 0 Å². The SMILES string of the molecule is CCNC(=O)[C@@H](C)N(CCc1ccccc1)C(=O)CN(c1cccc(Cl)c1)S(=O)(=O)c1ccc(Cl)cc1. The van der Waals surface area contributed by atoms with E-state index in [2.05, 4.69) is 5.32 Å². The van der Waals surface area contributed by atoms with E-state index in [-0.39, 0.29) is 23.0 Å². The van der Waals surface area contributed by atoms with E-state index in [1.807, 2.05) is 30.3 Å². The van der Waals surface area contributed by atoms with E-state index < -0.39 is 28.5 Å². The Morgan fingerprint density at radius 2 is 1.59 bits per heavy atom. The second-order valence-electron chi connectivity index (χ2n) is 8.34. The van der Waals surface area contributed by atoms with Gasteiger partial charge in [0.15, 0.2) is 0 Å². The molecule has 0 saturated carbocycles. The van der Waals surface area contributed by atoms with Gasteiger partial charge in [0, 0.05) is 23.1 Å². The van der Waals surface area contributed by atoms with E-state index in [4.69, 9.17) is 23.2 Å². The lowest BCUT2D eigenvalue weighted by molar-refractivity contribution is -0.138. The molecule has 7 nitrogen and oxygen atoms in total. The van der Waals surface area contributed by atoms with E-state index >= 15 is 0 Å². The molecule has 0 heterocycles. The lowest BCUT2D eigenvalue weighted by atomic mass is 10.1. The predicted molar refractivity (Wildman–Crippen MR) is 147 cm³/mol. The standard InChI is InChI=1S/C27H29Cl2N3O4S/c1-3-30-27(34)20(2)31(17-16-21-8-5-4-6-9-21)26(33)19-32(24-11-7-10-23(29)18-24)37(35,36)25-14-12-22(28)13-15-25/h4-15,18,20H,3,16-17,19H2,1-2H3,(H,30,34)/t20-/m1/s1. The van der Waals surface area contributed by atoms with Gasteiger partial charge in [0.2, 0.25) is 11.8 Å². The summed E-state index contributed by atoms with van der Waals surface area (Å²) >= 11 is 12.1. The van der Waals surface area contributed by atoms with Crippen molar-refractivity contribution in [3.05, 3.63) is 94.5 Å². The molecule has 2 amide bonds. The van der Waals surface area contributed by atoms with Gasteiger partial charge < -0.3 is 10.2 Å². The lowest BCUT2D eigenvalue weighted by Crippen LogP contribution is -2.52. The third-order valence-corrected chi connectivity index (χ3v) is 8.05. The molecule has 0 aliphatic rings. The summed E-state index contributed by atoms with van der Waals surface area (Å²) in [5.41, 5.74) is 1.22. The first-order valence-corrected chi connectivity index (χ1v) is 14.0. The van der Waals surface area contributed by atoms with Crippen molar-refractivity contribution in [1.29, 1.82) is 0 Å². The normalized spacial score (nSPS) is 12.0. The van der Waals surface area contributed by atoms with Crippen molar-refractivity contribution >= 4 is 50.7 Å². The van der Waals surface area contributed by atoms with Crippen LogP contribution in [-0.4, -0.2) is 50.8 Å². The number of nitrogens with zero attached hydrogens (tertiary/aromatic N) is 2. The molecule has 1 N–H and O–H groups in total. The molecule has 0 bridgehead atoms. The van der Waals surface area contributed by atoms with Crippen LogP contribution in [0.4, 0.5) is 5.69 Å². The third-order valence-electron chi connectivity index (χ3n) is 5.78. The minimum atomic E-state index is -4.17. The van der Waals surface area contributed by atoms with Gasteiger partial charge in [-0.3, -0.25) is 13.9 Å². The van der Waals surface area contributed by atoms with Crippen molar-refractivity contribution < 1.29 is 18.0 Å². The van der Waals surface area contributed by atoms with Gasteiger partial charge in [-0.15, -0.1) is 0 Å². The van der Waals surface area contributed by atoms with Gasteiger partial charge in [-0.05, 0) is 68.3 Å². The molecule has 0 saturated heterocycles.